The number of carbonyl (C=O) groups excluding carboxylic acids is 1. The van der Waals surface area contributed by atoms with Crippen LogP contribution in [0.2, 0.25) is 0 Å². The molecule has 1 aromatic heterocycles. The van der Waals surface area contributed by atoms with Crippen molar-refractivity contribution in [3.63, 3.8) is 0 Å². The van der Waals surface area contributed by atoms with Crippen LogP contribution < -0.4 is 5.32 Å². The van der Waals surface area contributed by atoms with Crippen molar-refractivity contribution in [2.45, 2.75) is 19.0 Å². The number of Topliss-reactive ketones (excluding diaryl/α,β-unsaturated/α-hetero) is 1. The molecule has 0 saturated carbocycles. The Morgan fingerprint density at radius 3 is 2.52 bits per heavy atom. The van der Waals surface area contributed by atoms with Crippen LogP contribution in [0, 0.1) is 0 Å². The Kier molecular flexibility index (Phi) is 5.17. The maximum atomic E-state index is 12.4. The fourth-order valence-corrected chi connectivity index (χ4v) is 1.98. The number of benzene rings is 1. The van der Waals surface area contributed by atoms with Crippen LogP contribution in [0.3, 0.4) is 0 Å². The van der Waals surface area contributed by atoms with Crippen LogP contribution in [0.25, 0.3) is 0 Å². The SMILES string of the molecule is O=C(O)CC(NCc1cccnc1)C(=O)c1ccccc1. The number of ketones is 1. The minimum Gasteiger partial charge on any atom is -0.481 e. The third kappa shape index (κ3) is 4.50. The zero-order valence-electron chi connectivity index (χ0n) is 11.4. The van der Waals surface area contributed by atoms with Gasteiger partial charge in [-0.15, -0.1) is 0 Å². The number of hydrogen-bond acceptors (Lipinski definition) is 4. The first kappa shape index (κ1) is 14.9. The van der Waals surface area contributed by atoms with Crippen LogP contribution in [-0.2, 0) is 11.3 Å². The van der Waals surface area contributed by atoms with Crippen LogP contribution in [0.1, 0.15) is 22.3 Å². The molecule has 0 aliphatic carbocycles. The van der Waals surface area contributed by atoms with Gasteiger partial charge in [0.1, 0.15) is 0 Å². The highest BCUT2D eigenvalue weighted by Crippen LogP contribution is 2.08. The molecule has 2 aromatic rings. The summed E-state index contributed by atoms with van der Waals surface area (Å²) in [6, 6.07) is 11.6. The topological polar surface area (TPSA) is 79.3 Å². The lowest BCUT2D eigenvalue weighted by Crippen LogP contribution is -2.38. The second kappa shape index (κ2) is 7.31. The van der Waals surface area contributed by atoms with Crippen molar-refractivity contribution in [2.24, 2.45) is 0 Å². The number of nitrogens with zero attached hydrogens (tertiary/aromatic N) is 1. The maximum absolute atomic E-state index is 12.4. The minimum absolute atomic E-state index is 0.220. The van der Waals surface area contributed by atoms with Gasteiger partial charge >= 0.3 is 5.97 Å². The number of carboxylic acid groups (broad SMARTS) is 1. The highest BCUT2D eigenvalue weighted by Gasteiger charge is 2.22. The Bertz CT molecular complexity index is 599. The van der Waals surface area contributed by atoms with E-state index < -0.39 is 12.0 Å². The van der Waals surface area contributed by atoms with Gasteiger partial charge in [-0.2, -0.15) is 0 Å². The summed E-state index contributed by atoms with van der Waals surface area (Å²) in [4.78, 5) is 27.3. The van der Waals surface area contributed by atoms with Crippen molar-refractivity contribution < 1.29 is 14.7 Å². The molecule has 0 saturated heterocycles. The van der Waals surface area contributed by atoms with E-state index in [9.17, 15) is 9.59 Å². The highest BCUT2D eigenvalue weighted by molar-refractivity contribution is 6.01. The Morgan fingerprint density at radius 1 is 1.14 bits per heavy atom. The van der Waals surface area contributed by atoms with Gasteiger partial charge in [0, 0.05) is 24.5 Å². The largest absolute Gasteiger partial charge is 0.481 e. The fraction of sp³-hybridized carbons (Fsp3) is 0.188. The van der Waals surface area contributed by atoms with Crippen molar-refractivity contribution in [1.82, 2.24) is 10.3 Å². The molecule has 5 heteroatoms. The zero-order valence-corrected chi connectivity index (χ0v) is 11.4. The van der Waals surface area contributed by atoms with Crippen molar-refractivity contribution >= 4 is 11.8 Å². The molecular weight excluding hydrogens is 268 g/mol. The molecule has 0 fully saturated rings. The van der Waals surface area contributed by atoms with E-state index in [2.05, 4.69) is 10.3 Å². The first-order chi connectivity index (χ1) is 10.2. The molecule has 0 aliphatic rings. The first-order valence-electron chi connectivity index (χ1n) is 6.60. The molecule has 5 nitrogen and oxygen atoms in total. The average molecular weight is 284 g/mol. The summed E-state index contributed by atoms with van der Waals surface area (Å²) in [7, 11) is 0. The quantitative estimate of drug-likeness (QED) is 0.759. The lowest BCUT2D eigenvalue weighted by molar-refractivity contribution is -0.137. The molecule has 0 aliphatic heterocycles. The summed E-state index contributed by atoms with van der Waals surface area (Å²) < 4.78 is 0. The molecular formula is C16H16N2O3. The molecule has 0 amide bonds. The lowest BCUT2D eigenvalue weighted by Gasteiger charge is -2.16. The third-order valence-electron chi connectivity index (χ3n) is 3.03. The average Bonchev–Trinajstić information content (AvgIpc) is 2.52. The van der Waals surface area contributed by atoms with Gasteiger partial charge < -0.3 is 10.4 Å². The van der Waals surface area contributed by atoms with Gasteiger partial charge in [-0.25, -0.2) is 0 Å². The zero-order chi connectivity index (χ0) is 15.1. The second-order valence-electron chi connectivity index (χ2n) is 4.62. The summed E-state index contributed by atoms with van der Waals surface area (Å²) in [5.74, 6) is -1.23. The van der Waals surface area contributed by atoms with E-state index in [0.717, 1.165) is 5.56 Å². The Balaban J connectivity index is 2.07. The number of pyridine rings is 1. The number of nitrogens with one attached hydrogen (secondary N) is 1. The fourth-order valence-electron chi connectivity index (χ4n) is 1.98. The van der Waals surface area contributed by atoms with E-state index in [4.69, 9.17) is 5.11 Å². The van der Waals surface area contributed by atoms with Crippen LogP contribution in [0.5, 0.6) is 0 Å². The summed E-state index contributed by atoms with van der Waals surface area (Å²) >= 11 is 0. The van der Waals surface area contributed by atoms with Crippen LogP contribution in [-0.4, -0.2) is 27.9 Å². The maximum Gasteiger partial charge on any atom is 0.305 e. The van der Waals surface area contributed by atoms with Crippen molar-refractivity contribution in [3.8, 4) is 0 Å². The Morgan fingerprint density at radius 2 is 1.90 bits per heavy atom. The molecule has 108 valence electrons. The molecule has 0 bridgehead atoms. The van der Waals surface area contributed by atoms with Crippen molar-refractivity contribution in [2.75, 3.05) is 0 Å². The molecule has 2 N–H and O–H groups in total. The minimum atomic E-state index is -1.01. The van der Waals surface area contributed by atoms with Gasteiger partial charge in [0.25, 0.3) is 0 Å². The molecule has 1 atom stereocenters. The summed E-state index contributed by atoms with van der Waals surface area (Å²) in [5, 5.41) is 12.0. The monoisotopic (exact) mass is 284 g/mol. The van der Waals surface area contributed by atoms with Gasteiger partial charge in [0.05, 0.1) is 12.5 Å². The van der Waals surface area contributed by atoms with Crippen molar-refractivity contribution in [1.29, 1.82) is 0 Å². The first-order valence-corrected chi connectivity index (χ1v) is 6.60. The van der Waals surface area contributed by atoms with Crippen LogP contribution in [0.15, 0.2) is 54.9 Å². The molecule has 2 rings (SSSR count). The third-order valence-corrected chi connectivity index (χ3v) is 3.03. The molecule has 0 radical (unpaired) electrons. The number of aromatic nitrogens is 1. The van der Waals surface area contributed by atoms with Gasteiger partial charge in [0.15, 0.2) is 5.78 Å². The van der Waals surface area contributed by atoms with E-state index in [1.807, 2.05) is 12.1 Å². The molecule has 1 unspecified atom stereocenters. The molecule has 1 aromatic carbocycles. The molecule has 1 heterocycles. The van der Waals surface area contributed by atoms with Crippen LogP contribution >= 0.6 is 0 Å². The van der Waals surface area contributed by atoms with Crippen molar-refractivity contribution in [3.05, 3.63) is 66.0 Å². The van der Waals surface area contributed by atoms with Gasteiger partial charge in [-0.1, -0.05) is 36.4 Å². The Labute approximate surface area is 122 Å². The normalized spacial score (nSPS) is 11.8. The lowest BCUT2D eigenvalue weighted by atomic mass is 10.0. The van der Waals surface area contributed by atoms with Gasteiger partial charge in [0.2, 0.25) is 0 Å². The highest BCUT2D eigenvalue weighted by atomic mass is 16.4. The summed E-state index contributed by atoms with van der Waals surface area (Å²) in [6.07, 6.45) is 3.08. The number of rotatable bonds is 7. The molecule has 0 spiro atoms. The number of aliphatic carboxylic acids is 1. The van der Waals surface area contributed by atoms with Crippen LogP contribution in [0.4, 0.5) is 0 Å². The van der Waals surface area contributed by atoms with E-state index in [1.54, 1.807) is 42.7 Å². The Hall–Kier alpha value is -2.53. The van der Waals surface area contributed by atoms with E-state index in [0.29, 0.717) is 12.1 Å². The van der Waals surface area contributed by atoms with E-state index in [1.165, 1.54) is 0 Å². The second-order valence-corrected chi connectivity index (χ2v) is 4.62. The summed E-state index contributed by atoms with van der Waals surface area (Å²) in [5.41, 5.74) is 1.40. The van der Waals surface area contributed by atoms with Gasteiger partial charge in [-0.05, 0) is 11.6 Å². The smallest absolute Gasteiger partial charge is 0.305 e. The standard InChI is InChI=1S/C16H16N2O3/c19-15(20)9-14(16(21)13-6-2-1-3-7-13)18-11-12-5-4-8-17-10-12/h1-8,10,14,18H,9,11H2,(H,19,20). The van der Waals surface area contributed by atoms with E-state index in [-0.39, 0.29) is 12.2 Å². The number of carbonyl (C=O) groups is 2. The summed E-state index contributed by atoms with van der Waals surface area (Å²) in [6.45, 7) is 0.393. The number of hydrogen-bond donors (Lipinski definition) is 2. The predicted octanol–water partition coefficient (Wildman–Crippen LogP) is 1.90. The van der Waals surface area contributed by atoms with Gasteiger partial charge in [-0.3, -0.25) is 14.6 Å². The van der Waals surface area contributed by atoms with E-state index >= 15 is 0 Å². The predicted molar refractivity (Wildman–Crippen MR) is 77.9 cm³/mol. The molecule has 21 heavy (non-hydrogen) atoms. The number of carboxylic acids is 1.